The third-order valence-electron chi connectivity index (χ3n) is 2.38. The fourth-order valence-corrected chi connectivity index (χ4v) is 1.50. The summed E-state index contributed by atoms with van der Waals surface area (Å²) in [5.41, 5.74) is 1.19. The smallest absolute Gasteiger partial charge is 0.138 e. The normalized spacial score (nSPS) is 10.2. The zero-order valence-electron chi connectivity index (χ0n) is 10.1. The van der Waals surface area contributed by atoms with Gasteiger partial charge in [0, 0.05) is 6.54 Å². The van der Waals surface area contributed by atoms with E-state index < -0.39 is 0 Å². The Balaban J connectivity index is 1.77. The third kappa shape index (κ3) is 3.71. The summed E-state index contributed by atoms with van der Waals surface area (Å²) in [7, 11) is 0. The zero-order valence-corrected chi connectivity index (χ0v) is 10.1. The first kappa shape index (κ1) is 12.3. The second-order valence-corrected chi connectivity index (χ2v) is 3.78. The Morgan fingerprint density at radius 2 is 2.11 bits per heavy atom. The molecule has 0 aliphatic rings. The number of nitrogens with zero attached hydrogens (tertiary/aromatic N) is 2. The minimum absolute atomic E-state index is 0.531. The van der Waals surface area contributed by atoms with E-state index in [0.29, 0.717) is 13.2 Å². The average Bonchev–Trinajstić information content (AvgIpc) is 2.91. The van der Waals surface area contributed by atoms with Crippen molar-refractivity contribution in [1.82, 2.24) is 20.5 Å². The van der Waals surface area contributed by atoms with E-state index in [0.717, 1.165) is 18.1 Å². The number of ether oxygens (including phenoxy) is 1. The molecular formula is C13H16N4O. The van der Waals surface area contributed by atoms with Crippen LogP contribution in [0, 0.1) is 0 Å². The molecule has 0 saturated carbocycles. The number of aromatic amines is 1. The highest BCUT2D eigenvalue weighted by Crippen LogP contribution is 2.12. The summed E-state index contributed by atoms with van der Waals surface area (Å²) in [6, 6.07) is 7.97. The molecule has 0 amide bonds. The van der Waals surface area contributed by atoms with Crippen LogP contribution >= 0.6 is 0 Å². The molecular weight excluding hydrogens is 228 g/mol. The maximum absolute atomic E-state index is 5.41. The summed E-state index contributed by atoms with van der Waals surface area (Å²) in [5.74, 6) is 1.69. The first-order valence-corrected chi connectivity index (χ1v) is 5.76. The molecule has 0 aliphatic carbocycles. The summed E-state index contributed by atoms with van der Waals surface area (Å²) in [6.07, 6.45) is 3.23. The van der Waals surface area contributed by atoms with Gasteiger partial charge in [0.15, 0.2) is 0 Å². The molecule has 0 radical (unpaired) electrons. The van der Waals surface area contributed by atoms with Crippen molar-refractivity contribution in [3.8, 4) is 5.75 Å². The second-order valence-electron chi connectivity index (χ2n) is 3.78. The molecule has 5 heteroatoms. The number of benzene rings is 1. The maximum Gasteiger partial charge on any atom is 0.138 e. The molecule has 94 valence electrons. The summed E-state index contributed by atoms with van der Waals surface area (Å²) in [4.78, 5) is 4.04. The standard InChI is InChI=1S/C13H16N4O/c1-2-7-18-12-5-3-11(4-6-12)8-14-9-13-15-10-16-17-13/h2-6,10,14H,1,7-9H2,(H,15,16,17). The first-order chi connectivity index (χ1) is 8.88. The summed E-state index contributed by atoms with van der Waals surface area (Å²) in [5, 5.41) is 9.87. The van der Waals surface area contributed by atoms with Crippen LogP contribution in [0.3, 0.4) is 0 Å². The van der Waals surface area contributed by atoms with Gasteiger partial charge >= 0.3 is 0 Å². The lowest BCUT2D eigenvalue weighted by atomic mass is 10.2. The van der Waals surface area contributed by atoms with Gasteiger partial charge in [-0.25, -0.2) is 4.98 Å². The Kier molecular flexibility index (Phi) is 4.49. The molecule has 0 bridgehead atoms. The minimum Gasteiger partial charge on any atom is -0.490 e. The lowest BCUT2D eigenvalue weighted by molar-refractivity contribution is 0.363. The molecule has 1 aromatic carbocycles. The van der Waals surface area contributed by atoms with Gasteiger partial charge in [-0.15, -0.1) is 0 Å². The lowest BCUT2D eigenvalue weighted by Crippen LogP contribution is -2.13. The molecule has 1 heterocycles. The fourth-order valence-electron chi connectivity index (χ4n) is 1.50. The third-order valence-corrected chi connectivity index (χ3v) is 2.38. The fraction of sp³-hybridized carbons (Fsp3) is 0.231. The number of nitrogens with one attached hydrogen (secondary N) is 2. The maximum atomic E-state index is 5.41. The molecule has 0 spiro atoms. The lowest BCUT2D eigenvalue weighted by Gasteiger charge is -2.05. The molecule has 2 N–H and O–H groups in total. The molecule has 2 aromatic rings. The van der Waals surface area contributed by atoms with Crippen LogP contribution in [0.2, 0.25) is 0 Å². The van der Waals surface area contributed by atoms with Crippen molar-refractivity contribution in [2.24, 2.45) is 0 Å². The Hall–Kier alpha value is -2.14. The Morgan fingerprint density at radius 3 is 2.78 bits per heavy atom. The van der Waals surface area contributed by atoms with Crippen molar-refractivity contribution in [2.45, 2.75) is 13.1 Å². The predicted molar refractivity (Wildman–Crippen MR) is 69.1 cm³/mol. The van der Waals surface area contributed by atoms with Crippen LogP contribution in [-0.2, 0) is 13.1 Å². The number of aromatic nitrogens is 3. The Labute approximate surface area is 106 Å². The highest BCUT2D eigenvalue weighted by molar-refractivity contribution is 5.27. The van der Waals surface area contributed by atoms with Gasteiger partial charge in [-0.1, -0.05) is 24.8 Å². The van der Waals surface area contributed by atoms with Crippen LogP contribution < -0.4 is 10.1 Å². The van der Waals surface area contributed by atoms with E-state index in [1.807, 2.05) is 24.3 Å². The topological polar surface area (TPSA) is 62.8 Å². The van der Waals surface area contributed by atoms with Gasteiger partial charge < -0.3 is 10.1 Å². The largest absolute Gasteiger partial charge is 0.490 e. The van der Waals surface area contributed by atoms with Crippen LogP contribution in [0.25, 0.3) is 0 Å². The Morgan fingerprint density at radius 1 is 1.28 bits per heavy atom. The molecule has 18 heavy (non-hydrogen) atoms. The second kappa shape index (κ2) is 6.56. The molecule has 0 fully saturated rings. The van der Waals surface area contributed by atoms with E-state index in [9.17, 15) is 0 Å². The molecule has 2 rings (SSSR count). The van der Waals surface area contributed by atoms with Crippen molar-refractivity contribution in [2.75, 3.05) is 6.61 Å². The van der Waals surface area contributed by atoms with Gasteiger partial charge in [0.2, 0.25) is 0 Å². The van der Waals surface area contributed by atoms with Crippen molar-refractivity contribution in [3.05, 3.63) is 54.6 Å². The number of hydrogen-bond acceptors (Lipinski definition) is 4. The van der Waals surface area contributed by atoms with Gasteiger partial charge in [-0.3, -0.25) is 5.10 Å². The monoisotopic (exact) mass is 244 g/mol. The molecule has 1 aromatic heterocycles. The molecule has 0 saturated heterocycles. The van der Waals surface area contributed by atoms with Crippen LogP contribution in [0.1, 0.15) is 11.4 Å². The quantitative estimate of drug-likeness (QED) is 0.727. The van der Waals surface area contributed by atoms with Gasteiger partial charge in [0.05, 0.1) is 6.54 Å². The van der Waals surface area contributed by atoms with Gasteiger partial charge in [0.1, 0.15) is 24.5 Å². The van der Waals surface area contributed by atoms with E-state index in [-0.39, 0.29) is 0 Å². The SMILES string of the molecule is C=CCOc1ccc(CNCc2ncn[nH]2)cc1. The van der Waals surface area contributed by atoms with Crippen LogP contribution in [0.5, 0.6) is 5.75 Å². The van der Waals surface area contributed by atoms with E-state index in [1.54, 1.807) is 6.08 Å². The van der Waals surface area contributed by atoms with Crippen LogP contribution in [0.4, 0.5) is 0 Å². The van der Waals surface area contributed by atoms with E-state index in [4.69, 9.17) is 4.74 Å². The van der Waals surface area contributed by atoms with Crippen molar-refractivity contribution >= 4 is 0 Å². The molecule has 0 aliphatic heterocycles. The molecule has 5 nitrogen and oxygen atoms in total. The number of hydrogen-bond donors (Lipinski definition) is 2. The van der Waals surface area contributed by atoms with Crippen molar-refractivity contribution in [3.63, 3.8) is 0 Å². The van der Waals surface area contributed by atoms with E-state index >= 15 is 0 Å². The number of H-pyrrole nitrogens is 1. The van der Waals surface area contributed by atoms with Crippen LogP contribution in [0.15, 0.2) is 43.2 Å². The van der Waals surface area contributed by atoms with Gasteiger partial charge in [-0.05, 0) is 17.7 Å². The van der Waals surface area contributed by atoms with Crippen molar-refractivity contribution in [1.29, 1.82) is 0 Å². The van der Waals surface area contributed by atoms with Gasteiger partial charge in [-0.2, -0.15) is 5.10 Å². The van der Waals surface area contributed by atoms with Gasteiger partial charge in [0.25, 0.3) is 0 Å². The highest BCUT2D eigenvalue weighted by atomic mass is 16.5. The number of rotatable bonds is 7. The summed E-state index contributed by atoms with van der Waals surface area (Å²) in [6.45, 7) is 5.60. The molecule has 0 unspecified atom stereocenters. The molecule has 0 atom stereocenters. The average molecular weight is 244 g/mol. The summed E-state index contributed by atoms with van der Waals surface area (Å²) < 4.78 is 5.41. The summed E-state index contributed by atoms with van der Waals surface area (Å²) >= 11 is 0. The zero-order chi connectivity index (χ0) is 12.6. The van der Waals surface area contributed by atoms with E-state index in [2.05, 4.69) is 27.1 Å². The minimum atomic E-state index is 0.531. The highest BCUT2D eigenvalue weighted by Gasteiger charge is 1.97. The first-order valence-electron chi connectivity index (χ1n) is 5.76. The van der Waals surface area contributed by atoms with Crippen LogP contribution in [-0.4, -0.2) is 21.8 Å². The predicted octanol–water partition coefficient (Wildman–Crippen LogP) is 1.66. The van der Waals surface area contributed by atoms with Crippen molar-refractivity contribution < 1.29 is 4.74 Å². The Bertz CT molecular complexity index is 464. The van der Waals surface area contributed by atoms with E-state index in [1.165, 1.54) is 11.9 Å².